The monoisotopic (exact) mass is 410 g/mol. The third-order valence-corrected chi connectivity index (χ3v) is 7.06. The largest absolute Gasteiger partial charge is 0.458 e. The number of fused-ring (bicyclic) bond motifs is 5. The smallest absolute Gasteiger partial charge is 0.334 e. The molecule has 4 aliphatic rings. The van der Waals surface area contributed by atoms with Crippen LogP contribution in [0.2, 0.25) is 0 Å². The fourth-order valence-corrected chi connectivity index (χ4v) is 5.54. The molecule has 0 aromatic heterocycles. The van der Waals surface area contributed by atoms with Crippen molar-refractivity contribution >= 4 is 11.9 Å². The Bertz CT molecular complexity index is 791. The molecule has 0 amide bonds. The molecule has 2 saturated heterocycles. The van der Waals surface area contributed by atoms with Gasteiger partial charge in [0.25, 0.3) is 0 Å². The molecule has 2 saturated carbocycles. The number of epoxide rings is 1. The molecule has 29 heavy (non-hydrogen) atoms. The first-order valence-electron chi connectivity index (χ1n) is 9.66. The predicted molar refractivity (Wildman–Crippen MR) is 96.2 cm³/mol. The van der Waals surface area contributed by atoms with Crippen molar-refractivity contribution in [2.24, 2.45) is 17.8 Å². The van der Waals surface area contributed by atoms with Gasteiger partial charge in [-0.15, -0.1) is 0 Å². The Morgan fingerprint density at radius 1 is 1.38 bits per heavy atom. The summed E-state index contributed by atoms with van der Waals surface area (Å²) < 4.78 is 16.8. The van der Waals surface area contributed by atoms with E-state index in [2.05, 4.69) is 6.58 Å². The molecule has 9 nitrogen and oxygen atoms in total. The second-order valence-corrected chi connectivity index (χ2v) is 8.66. The number of rotatable bonds is 4. The summed E-state index contributed by atoms with van der Waals surface area (Å²) in [4.78, 5) is 24.8. The zero-order chi connectivity index (χ0) is 21.3. The van der Waals surface area contributed by atoms with Crippen molar-refractivity contribution in [3.63, 3.8) is 0 Å². The molecule has 2 aliphatic carbocycles. The Kier molecular flexibility index (Phi) is 4.67. The maximum atomic E-state index is 12.5. The fourth-order valence-electron chi connectivity index (χ4n) is 5.54. The lowest BCUT2D eigenvalue weighted by Crippen LogP contribution is -2.52. The van der Waals surface area contributed by atoms with Crippen LogP contribution in [0.25, 0.3) is 0 Å². The van der Waals surface area contributed by atoms with Gasteiger partial charge in [-0.1, -0.05) is 6.58 Å². The van der Waals surface area contributed by atoms with Crippen LogP contribution >= 0.6 is 0 Å². The van der Waals surface area contributed by atoms with E-state index in [4.69, 9.17) is 19.3 Å². The number of ether oxygens (including phenoxy) is 3. The number of hydrogen-bond acceptors (Lipinski definition) is 9. The highest BCUT2D eigenvalue weighted by atomic mass is 16.6. The zero-order valence-corrected chi connectivity index (χ0v) is 16.3. The lowest BCUT2D eigenvalue weighted by atomic mass is 9.74. The van der Waals surface area contributed by atoms with E-state index >= 15 is 0 Å². The van der Waals surface area contributed by atoms with Crippen LogP contribution in [0.5, 0.6) is 0 Å². The van der Waals surface area contributed by atoms with Crippen LogP contribution in [-0.4, -0.2) is 81.2 Å². The molecular weight excluding hydrogens is 384 g/mol. The molecule has 4 N–H and O–H groups in total. The molecule has 0 bridgehead atoms. The summed E-state index contributed by atoms with van der Waals surface area (Å²) in [5.74, 6) is -3.55. The van der Waals surface area contributed by atoms with Crippen LogP contribution in [0.3, 0.4) is 0 Å². The maximum absolute atomic E-state index is 12.5. The minimum absolute atomic E-state index is 0.111. The van der Waals surface area contributed by atoms with Crippen molar-refractivity contribution in [2.75, 3.05) is 13.2 Å². The van der Waals surface area contributed by atoms with E-state index in [-0.39, 0.29) is 24.2 Å². The molecule has 9 unspecified atom stereocenters. The molecule has 4 fully saturated rings. The van der Waals surface area contributed by atoms with Crippen LogP contribution in [0.4, 0.5) is 0 Å². The molecule has 0 spiro atoms. The van der Waals surface area contributed by atoms with E-state index in [9.17, 15) is 24.9 Å². The van der Waals surface area contributed by atoms with Crippen molar-refractivity contribution in [3.8, 4) is 0 Å². The first-order valence-corrected chi connectivity index (χ1v) is 9.66. The second-order valence-electron chi connectivity index (χ2n) is 8.66. The molecule has 4 rings (SSSR count). The first kappa shape index (κ1) is 20.5. The zero-order valence-electron chi connectivity index (χ0n) is 16.3. The van der Waals surface area contributed by atoms with Gasteiger partial charge < -0.3 is 34.6 Å². The number of carbonyl (C=O) groups is 2. The summed E-state index contributed by atoms with van der Waals surface area (Å²) in [6, 6.07) is 0. The Morgan fingerprint density at radius 3 is 2.69 bits per heavy atom. The highest BCUT2D eigenvalue weighted by Gasteiger charge is 2.78. The summed E-state index contributed by atoms with van der Waals surface area (Å²) in [6.07, 6.45) is -2.38. The number of carbonyl (C=O) groups excluding carboxylic acids is 2. The lowest BCUT2D eigenvalue weighted by molar-refractivity contribution is -0.162. The Morgan fingerprint density at radius 2 is 2.07 bits per heavy atom. The van der Waals surface area contributed by atoms with Gasteiger partial charge in [0.05, 0.1) is 30.8 Å². The molecule has 160 valence electrons. The van der Waals surface area contributed by atoms with E-state index in [1.807, 2.05) is 0 Å². The fraction of sp³-hybridized carbons (Fsp3) is 0.700. The molecular formula is C20H26O9. The summed E-state index contributed by atoms with van der Waals surface area (Å²) in [5.41, 5.74) is -2.33. The average molecular weight is 410 g/mol. The number of esters is 2. The van der Waals surface area contributed by atoms with E-state index in [1.165, 1.54) is 13.0 Å². The minimum atomic E-state index is -1.78. The lowest BCUT2D eigenvalue weighted by Gasteiger charge is -2.39. The molecule has 9 atom stereocenters. The van der Waals surface area contributed by atoms with E-state index in [0.29, 0.717) is 0 Å². The van der Waals surface area contributed by atoms with E-state index in [0.717, 1.165) is 0 Å². The molecule has 2 aliphatic heterocycles. The van der Waals surface area contributed by atoms with Crippen molar-refractivity contribution in [2.45, 2.75) is 55.9 Å². The van der Waals surface area contributed by atoms with E-state index < -0.39 is 71.9 Å². The minimum Gasteiger partial charge on any atom is -0.458 e. The van der Waals surface area contributed by atoms with Gasteiger partial charge in [0.15, 0.2) is 0 Å². The highest BCUT2D eigenvalue weighted by molar-refractivity contribution is 5.91. The predicted octanol–water partition coefficient (Wildman–Crippen LogP) is -1.17. The van der Waals surface area contributed by atoms with Gasteiger partial charge in [-0.25, -0.2) is 9.59 Å². The summed E-state index contributed by atoms with van der Waals surface area (Å²) in [5, 5.41) is 41.1. The summed E-state index contributed by atoms with van der Waals surface area (Å²) in [7, 11) is 0. The number of hydrogen-bond donors (Lipinski definition) is 4. The SMILES string of the molecule is C=C1C(=O)OC2C1C(OC(=O)C(C)=CCO)CC(O)(CO)C1C(O)C3OC3(C)C21. The maximum Gasteiger partial charge on any atom is 0.334 e. The van der Waals surface area contributed by atoms with Crippen molar-refractivity contribution in [1.82, 2.24) is 0 Å². The van der Waals surface area contributed by atoms with Crippen LogP contribution in [0.1, 0.15) is 20.3 Å². The number of aliphatic hydroxyl groups excluding tert-OH is 3. The quantitative estimate of drug-likeness (QED) is 0.256. The van der Waals surface area contributed by atoms with Gasteiger partial charge in [-0.2, -0.15) is 0 Å². The average Bonchev–Trinajstić information content (AvgIpc) is 3.22. The van der Waals surface area contributed by atoms with Gasteiger partial charge in [0.1, 0.15) is 23.9 Å². The Labute approximate surface area is 167 Å². The van der Waals surface area contributed by atoms with Gasteiger partial charge in [0.2, 0.25) is 0 Å². The normalized spacial score (nSPS) is 48.3. The van der Waals surface area contributed by atoms with Gasteiger partial charge in [-0.3, -0.25) is 0 Å². The third-order valence-electron chi connectivity index (χ3n) is 7.06. The topological polar surface area (TPSA) is 146 Å². The van der Waals surface area contributed by atoms with E-state index in [1.54, 1.807) is 6.92 Å². The van der Waals surface area contributed by atoms with Gasteiger partial charge in [0, 0.05) is 29.4 Å². The summed E-state index contributed by atoms with van der Waals surface area (Å²) in [6.45, 7) is 6.02. The number of aliphatic hydroxyl groups is 4. The molecule has 0 aromatic carbocycles. The van der Waals surface area contributed by atoms with Crippen molar-refractivity contribution in [3.05, 3.63) is 23.8 Å². The van der Waals surface area contributed by atoms with Crippen molar-refractivity contribution in [1.29, 1.82) is 0 Å². The van der Waals surface area contributed by atoms with Crippen LogP contribution in [0, 0.1) is 17.8 Å². The molecule has 0 aromatic rings. The van der Waals surface area contributed by atoms with Crippen LogP contribution < -0.4 is 0 Å². The summed E-state index contributed by atoms with van der Waals surface area (Å²) >= 11 is 0. The van der Waals surface area contributed by atoms with Gasteiger partial charge in [-0.05, 0) is 19.9 Å². The molecule has 2 heterocycles. The van der Waals surface area contributed by atoms with Gasteiger partial charge >= 0.3 is 11.9 Å². The Hall–Kier alpha value is -1.78. The standard InChI is InChI=1S/C20H26O9/c1-8(4-5-21)17(24)27-10-6-20(26,7-22)12-13(19(3)16(29-19)14(12)23)15-11(10)9(2)18(25)28-15/h4,10-16,21-23,26H,2,5-7H2,1,3H3. The first-order chi connectivity index (χ1) is 13.6. The second kappa shape index (κ2) is 6.61. The van der Waals surface area contributed by atoms with Crippen LogP contribution in [-0.2, 0) is 23.8 Å². The highest BCUT2D eigenvalue weighted by Crippen LogP contribution is 2.64. The van der Waals surface area contributed by atoms with Crippen molar-refractivity contribution < 1.29 is 44.2 Å². The molecule has 9 heteroatoms. The third kappa shape index (κ3) is 2.79. The Balaban J connectivity index is 1.76. The van der Waals surface area contributed by atoms with Crippen LogP contribution in [0.15, 0.2) is 23.8 Å². The molecule has 0 radical (unpaired) electrons.